The normalized spacial score (nSPS) is 22.3. The highest BCUT2D eigenvalue weighted by Gasteiger charge is 2.32. The summed E-state index contributed by atoms with van der Waals surface area (Å²) in [5.74, 6) is 0.448. The number of nitrogens with zero attached hydrogens (tertiary/aromatic N) is 1. The number of hydrogen-bond acceptors (Lipinski definition) is 4. The van der Waals surface area contributed by atoms with E-state index < -0.39 is 31.0 Å². The number of hydrogen-bond donors (Lipinski definition) is 3. The van der Waals surface area contributed by atoms with Crippen LogP contribution in [0.2, 0.25) is 0 Å². The van der Waals surface area contributed by atoms with Crippen molar-refractivity contribution in [3.8, 4) is 0 Å². The van der Waals surface area contributed by atoms with Crippen molar-refractivity contribution < 1.29 is 23.4 Å². The van der Waals surface area contributed by atoms with Gasteiger partial charge < -0.3 is 15.9 Å². The first kappa shape index (κ1) is 18.7. The molecule has 0 aliphatic heterocycles. The van der Waals surface area contributed by atoms with Crippen LogP contribution >= 0.6 is 0 Å². The van der Waals surface area contributed by atoms with E-state index in [1.807, 2.05) is 0 Å². The lowest BCUT2D eigenvalue weighted by molar-refractivity contribution is -0.147. The number of nitrogens with two attached hydrogens (primary N) is 1. The first-order valence-corrected chi connectivity index (χ1v) is 7.56. The maximum atomic E-state index is 12.2. The fraction of sp³-hybridized carbons (Fsp3) is 1.00. The largest absolute Gasteiger partial charge is 0.401 e. The Kier molecular flexibility index (Phi) is 7.39. The van der Waals surface area contributed by atoms with Gasteiger partial charge in [-0.1, -0.05) is 32.1 Å². The van der Waals surface area contributed by atoms with Gasteiger partial charge in [0.1, 0.15) is 0 Å². The summed E-state index contributed by atoms with van der Waals surface area (Å²) < 4.78 is 36.6. The summed E-state index contributed by atoms with van der Waals surface area (Å²) in [6.07, 6.45) is -0.480. The number of aliphatic hydroxyl groups is 2. The van der Waals surface area contributed by atoms with Gasteiger partial charge in [-0.25, -0.2) is 0 Å². The summed E-state index contributed by atoms with van der Waals surface area (Å²) in [5, 5.41) is 19.8. The number of halogens is 3. The Hall–Kier alpha value is -0.370. The Labute approximate surface area is 124 Å². The van der Waals surface area contributed by atoms with Gasteiger partial charge >= 0.3 is 6.18 Å². The van der Waals surface area contributed by atoms with Crippen molar-refractivity contribution in [2.24, 2.45) is 11.7 Å². The second-order valence-electron chi connectivity index (χ2n) is 6.27. The molecule has 4 N–H and O–H groups in total. The smallest absolute Gasteiger partial charge is 0.389 e. The van der Waals surface area contributed by atoms with Gasteiger partial charge in [0.15, 0.2) is 0 Å². The average molecular weight is 312 g/mol. The second-order valence-corrected chi connectivity index (χ2v) is 6.27. The Bertz CT molecular complexity index is 296. The first-order valence-electron chi connectivity index (χ1n) is 7.56. The fourth-order valence-corrected chi connectivity index (χ4v) is 3.03. The zero-order valence-electron chi connectivity index (χ0n) is 12.5. The van der Waals surface area contributed by atoms with Crippen LogP contribution in [0.3, 0.4) is 0 Å². The lowest BCUT2D eigenvalue weighted by Crippen LogP contribution is -2.49. The third-order valence-corrected chi connectivity index (χ3v) is 4.11. The van der Waals surface area contributed by atoms with Gasteiger partial charge in [0.05, 0.1) is 18.8 Å². The summed E-state index contributed by atoms with van der Waals surface area (Å²) in [7, 11) is 1.26. The van der Waals surface area contributed by atoms with Crippen LogP contribution in [0.1, 0.15) is 38.5 Å². The summed E-state index contributed by atoms with van der Waals surface area (Å²) in [5.41, 5.74) is 5.90. The monoisotopic (exact) mass is 312 g/mol. The van der Waals surface area contributed by atoms with E-state index >= 15 is 0 Å². The zero-order valence-corrected chi connectivity index (χ0v) is 12.5. The van der Waals surface area contributed by atoms with Gasteiger partial charge in [0.25, 0.3) is 0 Å². The van der Waals surface area contributed by atoms with E-state index in [0.717, 1.165) is 30.6 Å². The number of aliphatic hydroxyl groups excluding tert-OH is 2. The molecule has 0 amide bonds. The van der Waals surface area contributed by atoms with Crippen molar-refractivity contribution in [3.05, 3.63) is 0 Å². The molecule has 4 nitrogen and oxygen atoms in total. The molecule has 1 fully saturated rings. The van der Waals surface area contributed by atoms with Crippen LogP contribution in [-0.2, 0) is 0 Å². The van der Waals surface area contributed by atoms with E-state index in [0.29, 0.717) is 12.3 Å². The van der Waals surface area contributed by atoms with Gasteiger partial charge in [-0.15, -0.1) is 0 Å². The van der Waals surface area contributed by atoms with Crippen LogP contribution < -0.4 is 5.73 Å². The van der Waals surface area contributed by atoms with Crippen molar-refractivity contribution >= 4 is 0 Å². The summed E-state index contributed by atoms with van der Waals surface area (Å²) in [6.45, 7) is -1.37. The van der Waals surface area contributed by atoms with Crippen LogP contribution in [0.25, 0.3) is 0 Å². The van der Waals surface area contributed by atoms with Crippen molar-refractivity contribution in [2.45, 2.75) is 63.0 Å². The molecule has 0 bridgehead atoms. The molecule has 3 atom stereocenters. The van der Waals surface area contributed by atoms with Gasteiger partial charge in [-0.3, -0.25) is 4.90 Å². The van der Waals surface area contributed by atoms with Gasteiger partial charge in [-0.05, 0) is 19.4 Å². The molecule has 0 aromatic rings. The highest BCUT2D eigenvalue weighted by atomic mass is 19.4. The van der Waals surface area contributed by atoms with Crippen molar-refractivity contribution in [3.63, 3.8) is 0 Å². The van der Waals surface area contributed by atoms with Crippen molar-refractivity contribution in [1.82, 2.24) is 4.90 Å². The topological polar surface area (TPSA) is 69.7 Å². The molecule has 0 radical (unpaired) electrons. The van der Waals surface area contributed by atoms with Crippen LogP contribution in [0.4, 0.5) is 13.2 Å². The van der Waals surface area contributed by atoms with Crippen LogP contribution in [-0.4, -0.2) is 59.7 Å². The summed E-state index contributed by atoms with van der Waals surface area (Å²) >= 11 is 0. The van der Waals surface area contributed by atoms with Crippen LogP contribution in [0, 0.1) is 5.92 Å². The van der Waals surface area contributed by atoms with E-state index in [4.69, 9.17) is 5.73 Å². The summed E-state index contributed by atoms with van der Waals surface area (Å²) in [6, 6.07) is -0.595. The minimum atomic E-state index is -4.32. The van der Waals surface area contributed by atoms with Crippen molar-refractivity contribution in [1.29, 1.82) is 0 Å². The molecule has 0 spiro atoms. The quantitative estimate of drug-likeness (QED) is 0.666. The Morgan fingerprint density at radius 3 is 2.29 bits per heavy atom. The van der Waals surface area contributed by atoms with E-state index in [2.05, 4.69) is 0 Å². The molecule has 21 heavy (non-hydrogen) atoms. The highest BCUT2D eigenvalue weighted by molar-refractivity contribution is 4.83. The highest BCUT2D eigenvalue weighted by Crippen LogP contribution is 2.27. The predicted octanol–water partition coefficient (Wildman–Crippen LogP) is 1.50. The third-order valence-electron chi connectivity index (χ3n) is 4.11. The molecule has 0 aromatic heterocycles. The maximum absolute atomic E-state index is 12.2. The first-order chi connectivity index (χ1) is 9.69. The lowest BCUT2D eigenvalue weighted by Gasteiger charge is -2.31. The number of alkyl halides is 3. The summed E-state index contributed by atoms with van der Waals surface area (Å²) in [4.78, 5) is 0.946. The molecule has 0 saturated heterocycles. The van der Waals surface area contributed by atoms with E-state index in [9.17, 15) is 23.4 Å². The van der Waals surface area contributed by atoms with Gasteiger partial charge in [0.2, 0.25) is 0 Å². The average Bonchev–Trinajstić information content (AvgIpc) is 2.36. The Morgan fingerprint density at radius 2 is 1.76 bits per heavy atom. The Balaban J connectivity index is 2.35. The SMILES string of the molecule is CN(C[C@H](O)[C@H](O)[C@@H](N)CC1CCCCC1)CC(F)(F)F. The van der Waals surface area contributed by atoms with Crippen LogP contribution in [0.5, 0.6) is 0 Å². The molecular weight excluding hydrogens is 285 g/mol. The third kappa shape index (κ3) is 7.44. The second kappa shape index (κ2) is 8.31. The standard InChI is InChI=1S/C14H27F3N2O2/c1-19(9-14(15,16)17)8-12(20)13(21)11(18)7-10-5-3-2-4-6-10/h10-13,20-21H,2-9,18H2,1H3/t11-,12-,13+/m0/s1. The molecule has 1 aliphatic carbocycles. The fourth-order valence-electron chi connectivity index (χ4n) is 3.03. The van der Waals surface area contributed by atoms with E-state index in [-0.39, 0.29) is 6.54 Å². The molecule has 126 valence electrons. The number of rotatable bonds is 7. The van der Waals surface area contributed by atoms with E-state index in [1.165, 1.54) is 13.5 Å². The molecule has 0 heterocycles. The van der Waals surface area contributed by atoms with Crippen molar-refractivity contribution in [2.75, 3.05) is 20.1 Å². The van der Waals surface area contributed by atoms with Crippen LogP contribution in [0.15, 0.2) is 0 Å². The maximum Gasteiger partial charge on any atom is 0.401 e. The van der Waals surface area contributed by atoms with Gasteiger partial charge in [0, 0.05) is 12.6 Å². The molecule has 0 aromatic carbocycles. The molecule has 7 heteroatoms. The predicted molar refractivity (Wildman–Crippen MR) is 74.7 cm³/mol. The van der Waals surface area contributed by atoms with E-state index in [1.54, 1.807) is 0 Å². The molecule has 1 rings (SSSR count). The molecule has 0 unspecified atom stereocenters. The molecule has 1 saturated carbocycles. The number of likely N-dealkylation sites (N-methyl/N-ethyl adjacent to an activating group) is 1. The molecule has 1 aliphatic rings. The Morgan fingerprint density at radius 1 is 1.19 bits per heavy atom. The lowest BCUT2D eigenvalue weighted by atomic mass is 9.83. The zero-order chi connectivity index (χ0) is 16.0. The molecular formula is C14H27F3N2O2. The minimum Gasteiger partial charge on any atom is -0.389 e. The van der Waals surface area contributed by atoms with Gasteiger partial charge in [-0.2, -0.15) is 13.2 Å². The minimum absolute atomic E-state index is 0.251.